The molecule has 3 heterocycles. The van der Waals surface area contributed by atoms with Gasteiger partial charge >= 0.3 is 5.69 Å². The summed E-state index contributed by atoms with van der Waals surface area (Å²) >= 11 is 0. The van der Waals surface area contributed by atoms with E-state index >= 15 is 0 Å². The highest BCUT2D eigenvalue weighted by molar-refractivity contribution is 5.78. The number of hydrogen-bond acceptors (Lipinski definition) is 9. The molecular formula is C26H28N8O4. The Morgan fingerprint density at radius 2 is 1.68 bits per heavy atom. The number of nitrogens with two attached hydrogens (primary N) is 1. The van der Waals surface area contributed by atoms with Crippen molar-refractivity contribution in [1.29, 1.82) is 0 Å². The van der Waals surface area contributed by atoms with Crippen LogP contribution in [0.5, 0.6) is 5.75 Å². The van der Waals surface area contributed by atoms with Crippen LogP contribution in [0.15, 0.2) is 64.2 Å². The highest BCUT2D eigenvalue weighted by Gasteiger charge is 2.22. The second-order valence-electron chi connectivity index (χ2n) is 8.91. The Bertz CT molecular complexity index is 1510. The van der Waals surface area contributed by atoms with Gasteiger partial charge in [0.05, 0.1) is 12.2 Å². The Labute approximate surface area is 218 Å². The molecule has 0 aliphatic carbocycles. The lowest BCUT2D eigenvalue weighted by Gasteiger charge is -2.34. The standard InChI is InChI=1S/C26H28N8O4/c1-31-25(36)22-24(29-26(31)37)34(19-5-3-2-4-6-19)30-23(28-22)18-7-9-20(10-8-18)38-16-15-32-11-13-33(14-12-32)21(35)17-27/h2-10H,11-17,27H2,1H3. The van der Waals surface area contributed by atoms with Crippen molar-refractivity contribution in [1.82, 2.24) is 34.1 Å². The van der Waals surface area contributed by atoms with Crippen molar-refractivity contribution >= 4 is 5.91 Å². The number of ether oxygens (including phenoxy) is 1. The third-order valence-corrected chi connectivity index (χ3v) is 6.51. The summed E-state index contributed by atoms with van der Waals surface area (Å²) in [4.78, 5) is 49.3. The molecule has 3 aliphatic heterocycles. The number of carbonyl (C=O) groups is 1. The molecule has 5 rings (SSSR count). The predicted molar refractivity (Wildman–Crippen MR) is 140 cm³/mol. The van der Waals surface area contributed by atoms with Crippen LogP contribution in [0.2, 0.25) is 0 Å². The summed E-state index contributed by atoms with van der Waals surface area (Å²) in [6.45, 7) is 4.22. The number of aromatic nitrogens is 5. The maximum absolute atomic E-state index is 12.9. The maximum atomic E-state index is 12.9. The van der Waals surface area contributed by atoms with Gasteiger partial charge in [0.25, 0.3) is 5.56 Å². The van der Waals surface area contributed by atoms with Crippen LogP contribution in [0, 0.1) is 0 Å². The van der Waals surface area contributed by atoms with Gasteiger partial charge in [0, 0.05) is 45.3 Å². The highest BCUT2D eigenvalue weighted by atomic mass is 16.5. The Morgan fingerprint density at radius 1 is 0.974 bits per heavy atom. The molecule has 38 heavy (non-hydrogen) atoms. The van der Waals surface area contributed by atoms with Crippen molar-refractivity contribution in [2.45, 2.75) is 0 Å². The van der Waals surface area contributed by atoms with Gasteiger partial charge in [-0.2, -0.15) is 4.98 Å². The highest BCUT2D eigenvalue weighted by Crippen LogP contribution is 2.23. The van der Waals surface area contributed by atoms with E-state index in [1.165, 1.54) is 11.7 Å². The van der Waals surface area contributed by atoms with Crippen molar-refractivity contribution in [2.24, 2.45) is 12.8 Å². The molecule has 0 atom stereocenters. The molecule has 2 aromatic carbocycles. The SMILES string of the molecule is Cn1c(=O)nc2n(-c3ccccc3)nc(-c3ccc(OCCN4CCN(C(=O)CN)CC4)cc3)nc-2c1=O. The van der Waals surface area contributed by atoms with Gasteiger partial charge in [-0.25, -0.2) is 14.5 Å². The second-order valence-corrected chi connectivity index (χ2v) is 8.91. The zero-order chi connectivity index (χ0) is 26.6. The molecule has 1 saturated heterocycles. The molecule has 1 amide bonds. The van der Waals surface area contributed by atoms with Gasteiger partial charge in [-0.1, -0.05) is 18.2 Å². The molecule has 3 aliphatic rings. The van der Waals surface area contributed by atoms with Gasteiger partial charge in [-0.3, -0.25) is 19.1 Å². The summed E-state index contributed by atoms with van der Waals surface area (Å²) in [5, 5.41) is 4.60. The number of hydrogen-bond donors (Lipinski definition) is 1. The first-order chi connectivity index (χ1) is 18.4. The molecule has 1 fully saturated rings. The summed E-state index contributed by atoms with van der Waals surface area (Å²) in [6, 6.07) is 16.4. The fourth-order valence-electron chi connectivity index (χ4n) is 4.29. The van der Waals surface area contributed by atoms with E-state index in [-0.39, 0.29) is 24.0 Å². The minimum atomic E-state index is -0.670. The molecular weight excluding hydrogens is 488 g/mol. The van der Waals surface area contributed by atoms with E-state index in [2.05, 4.69) is 20.0 Å². The Balaban J connectivity index is 1.33. The molecule has 0 saturated carbocycles. The number of fused-ring (bicyclic) bond motifs is 1. The zero-order valence-electron chi connectivity index (χ0n) is 21.0. The van der Waals surface area contributed by atoms with Gasteiger partial charge in [0.2, 0.25) is 5.91 Å². The van der Waals surface area contributed by atoms with Gasteiger partial charge in [0.1, 0.15) is 12.4 Å². The van der Waals surface area contributed by atoms with E-state index in [0.717, 1.165) is 24.2 Å². The van der Waals surface area contributed by atoms with Crippen LogP contribution in [0.3, 0.4) is 0 Å². The summed E-state index contributed by atoms with van der Waals surface area (Å²) in [5.41, 5.74) is 5.61. The normalized spacial score (nSPS) is 14.1. The minimum Gasteiger partial charge on any atom is -0.492 e. The van der Waals surface area contributed by atoms with Gasteiger partial charge in [0.15, 0.2) is 17.3 Å². The first kappa shape index (κ1) is 25.2. The summed E-state index contributed by atoms with van der Waals surface area (Å²) in [7, 11) is 1.37. The number of carbonyl (C=O) groups excluding carboxylic acids is 1. The molecule has 0 bridgehead atoms. The average molecular weight is 517 g/mol. The maximum Gasteiger partial charge on any atom is 0.352 e. The van der Waals surface area contributed by atoms with Crippen LogP contribution in [-0.2, 0) is 11.8 Å². The van der Waals surface area contributed by atoms with E-state index in [1.54, 1.807) is 4.90 Å². The van der Waals surface area contributed by atoms with E-state index in [0.29, 0.717) is 42.5 Å². The van der Waals surface area contributed by atoms with Crippen LogP contribution < -0.4 is 21.7 Å². The summed E-state index contributed by atoms with van der Waals surface area (Å²) < 4.78 is 8.32. The first-order valence-corrected chi connectivity index (χ1v) is 12.3. The zero-order valence-corrected chi connectivity index (χ0v) is 21.0. The van der Waals surface area contributed by atoms with E-state index in [1.807, 2.05) is 54.6 Å². The molecule has 0 unspecified atom stereocenters. The smallest absolute Gasteiger partial charge is 0.352 e. The Kier molecular flexibility index (Phi) is 7.24. The lowest BCUT2D eigenvalue weighted by molar-refractivity contribution is -0.131. The number of piperazine rings is 1. The molecule has 0 radical (unpaired) electrons. The fraction of sp³-hybridized carbons (Fsp3) is 0.308. The molecule has 12 nitrogen and oxygen atoms in total. The molecule has 196 valence electrons. The molecule has 12 heteroatoms. The second kappa shape index (κ2) is 10.9. The molecule has 0 spiro atoms. The van der Waals surface area contributed by atoms with Crippen molar-refractivity contribution in [3.63, 3.8) is 0 Å². The van der Waals surface area contributed by atoms with Crippen molar-refractivity contribution in [3.05, 3.63) is 75.4 Å². The number of benzene rings is 2. The predicted octanol–water partition coefficient (Wildman–Crippen LogP) is -0.0253. The average Bonchev–Trinajstić information content (AvgIpc) is 2.96. The van der Waals surface area contributed by atoms with Crippen LogP contribution in [0.1, 0.15) is 0 Å². The van der Waals surface area contributed by atoms with Gasteiger partial charge in [-0.05, 0) is 36.4 Å². The lowest BCUT2D eigenvalue weighted by Crippen LogP contribution is -2.50. The van der Waals surface area contributed by atoms with Crippen molar-refractivity contribution in [3.8, 4) is 34.3 Å². The lowest BCUT2D eigenvalue weighted by atomic mass is 10.2. The molecule has 2 N–H and O–H groups in total. The van der Waals surface area contributed by atoms with Crippen LogP contribution in [0.25, 0.3) is 28.6 Å². The van der Waals surface area contributed by atoms with Gasteiger partial charge in [-0.15, -0.1) is 5.10 Å². The Hall–Kier alpha value is -4.42. The van der Waals surface area contributed by atoms with Crippen LogP contribution in [-0.4, -0.2) is 85.9 Å². The molecule has 2 aromatic rings. The number of rotatable bonds is 7. The minimum absolute atomic E-state index is 0.0162. The first-order valence-electron chi connectivity index (χ1n) is 12.3. The number of nitrogens with zero attached hydrogens (tertiary/aromatic N) is 7. The third-order valence-electron chi connectivity index (χ3n) is 6.51. The number of amides is 1. The largest absolute Gasteiger partial charge is 0.492 e. The Morgan fingerprint density at radius 3 is 2.37 bits per heavy atom. The van der Waals surface area contributed by atoms with E-state index in [9.17, 15) is 14.4 Å². The molecule has 0 aromatic heterocycles. The quantitative estimate of drug-likeness (QED) is 0.358. The monoisotopic (exact) mass is 516 g/mol. The van der Waals surface area contributed by atoms with E-state index in [4.69, 9.17) is 10.5 Å². The fourth-order valence-corrected chi connectivity index (χ4v) is 4.29. The van der Waals surface area contributed by atoms with Crippen molar-refractivity contribution < 1.29 is 9.53 Å². The van der Waals surface area contributed by atoms with Crippen LogP contribution in [0.4, 0.5) is 0 Å². The third kappa shape index (κ3) is 5.17. The number of para-hydroxylation sites is 1. The summed E-state index contributed by atoms with van der Waals surface area (Å²) in [5.74, 6) is 1.09. The van der Waals surface area contributed by atoms with Crippen molar-refractivity contribution in [2.75, 3.05) is 45.9 Å². The van der Waals surface area contributed by atoms with E-state index < -0.39 is 11.2 Å². The van der Waals surface area contributed by atoms with Gasteiger partial charge < -0.3 is 15.4 Å². The topological polar surface area (TPSA) is 141 Å². The summed E-state index contributed by atoms with van der Waals surface area (Å²) in [6.07, 6.45) is 0. The van der Waals surface area contributed by atoms with Crippen LogP contribution >= 0.6 is 0 Å².